The number of aldehydes is 1. The topological polar surface area (TPSA) is 44.8 Å². The Morgan fingerprint density at radius 1 is 1.50 bits per heavy atom. The highest BCUT2D eigenvalue weighted by Crippen LogP contribution is 2.31. The van der Waals surface area contributed by atoms with Crippen LogP contribution in [-0.2, 0) is 4.74 Å². The Hall–Kier alpha value is -1.55. The van der Waals surface area contributed by atoms with E-state index in [1.807, 2.05) is 0 Å². The minimum atomic E-state index is 0.0517. The molecule has 1 fully saturated rings. The van der Waals surface area contributed by atoms with Crippen LogP contribution in [-0.4, -0.2) is 32.7 Å². The van der Waals surface area contributed by atoms with Gasteiger partial charge >= 0.3 is 0 Å². The van der Waals surface area contributed by atoms with Gasteiger partial charge in [0.05, 0.1) is 25.9 Å². The number of hydrogen-bond donors (Lipinski definition) is 0. The second kappa shape index (κ2) is 4.99. The van der Waals surface area contributed by atoms with Crippen molar-refractivity contribution in [2.24, 2.45) is 0 Å². The van der Waals surface area contributed by atoms with Crippen LogP contribution in [0.4, 0.5) is 0 Å². The van der Waals surface area contributed by atoms with Crippen LogP contribution in [0.5, 0.6) is 11.5 Å². The molecule has 16 heavy (non-hydrogen) atoms. The van der Waals surface area contributed by atoms with Crippen molar-refractivity contribution in [1.82, 2.24) is 0 Å². The highest BCUT2D eigenvalue weighted by molar-refractivity contribution is 5.81. The zero-order valence-corrected chi connectivity index (χ0v) is 9.14. The summed E-state index contributed by atoms with van der Waals surface area (Å²) in [6.45, 7) is 1.31. The SMILES string of the molecule is COc1c(C=O)cccc1OC1CCOC1. The maximum absolute atomic E-state index is 10.8. The predicted octanol–water partition coefficient (Wildman–Crippen LogP) is 1.68. The average molecular weight is 222 g/mol. The molecule has 0 amide bonds. The van der Waals surface area contributed by atoms with E-state index >= 15 is 0 Å². The molecule has 1 aliphatic heterocycles. The van der Waals surface area contributed by atoms with E-state index in [1.165, 1.54) is 7.11 Å². The van der Waals surface area contributed by atoms with E-state index < -0.39 is 0 Å². The largest absolute Gasteiger partial charge is 0.492 e. The fraction of sp³-hybridized carbons (Fsp3) is 0.417. The zero-order valence-electron chi connectivity index (χ0n) is 9.14. The summed E-state index contributed by atoms with van der Waals surface area (Å²) in [4.78, 5) is 10.8. The van der Waals surface area contributed by atoms with E-state index in [1.54, 1.807) is 18.2 Å². The Balaban J connectivity index is 2.21. The van der Waals surface area contributed by atoms with E-state index in [0.717, 1.165) is 19.3 Å². The van der Waals surface area contributed by atoms with Gasteiger partial charge in [-0.15, -0.1) is 0 Å². The molecule has 1 aliphatic rings. The van der Waals surface area contributed by atoms with Gasteiger partial charge in [-0.25, -0.2) is 0 Å². The van der Waals surface area contributed by atoms with Crippen LogP contribution in [0.1, 0.15) is 16.8 Å². The second-order valence-electron chi connectivity index (χ2n) is 3.60. The first-order valence-electron chi connectivity index (χ1n) is 5.21. The normalized spacial score (nSPS) is 19.4. The van der Waals surface area contributed by atoms with Gasteiger partial charge in [0.25, 0.3) is 0 Å². The number of methoxy groups -OCH3 is 1. The maximum atomic E-state index is 10.8. The molecule has 0 radical (unpaired) electrons. The number of para-hydroxylation sites is 1. The molecule has 1 aromatic rings. The van der Waals surface area contributed by atoms with Gasteiger partial charge in [-0.2, -0.15) is 0 Å². The molecular weight excluding hydrogens is 208 g/mol. The van der Waals surface area contributed by atoms with Crippen molar-refractivity contribution in [1.29, 1.82) is 0 Å². The van der Waals surface area contributed by atoms with Crippen LogP contribution in [0.2, 0.25) is 0 Å². The molecule has 4 nitrogen and oxygen atoms in total. The monoisotopic (exact) mass is 222 g/mol. The molecule has 86 valence electrons. The van der Waals surface area contributed by atoms with Gasteiger partial charge in [-0.05, 0) is 12.1 Å². The number of ether oxygens (including phenoxy) is 3. The molecule has 0 N–H and O–H groups in total. The van der Waals surface area contributed by atoms with E-state index in [0.29, 0.717) is 23.7 Å². The van der Waals surface area contributed by atoms with Gasteiger partial charge in [0.2, 0.25) is 0 Å². The van der Waals surface area contributed by atoms with Crippen molar-refractivity contribution < 1.29 is 19.0 Å². The molecule has 0 aliphatic carbocycles. The summed E-state index contributed by atoms with van der Waals surface area (Å²) in [5.41, 5.74) is 0.499. The molecule has 1 saturated heterocycles. The Morgan fingerprint density at radius 3 is 3.00 bits per heavy atom. The van der Waals surface area contributed by atoms with Crippen molar-refractivity contribution in [2.75, 3.05) is 20.3 Å². The zero-order chi connectivity index (χ0) is 11.4. The first-order chi connectivity index (χ1) is 7.85. The number of carbonyl (C=O) groups excluding carboxylic acids is 1. The Kier molecular flexibility index (Phi) is 3.41. The molecule has 0 saturated carbocycles. The highest BCUT2D eigenvalue weighted by Gasteiger charge is 2.19. The van der Waals surface area contributed by atoms with Crippen molar-refractivity contribution in [3.63, 3.8) is 0 Å². The summed E-state index contributed by atoms with van der Waals surface area (Å²) in [5, 5.41) is 0. The molecule has 4 heteroatoms. The summed E-state index contributed by atoms with van der Waals surface area (Å²) in [6, 6.07) is 5.27. The highest BCUT2D eigenvalue weighted by atomic mass is 16.6. The van der Waals surface area contributed by atoms with Crippen LogP contribution in [0.3, 0.4) is 0 Å². The molecule has 1 atom stereocenters. The Morgan fingerprint density at radius 2 is 2.38 bits per heavy atom. The smallest absolute Gasteiger partial charge is 0.171 e. The summed E-state index contributed by atoms with van der Waals surface area (Å²) in [5.74, 6) is 1.09. The van der Waals surface area contributed by atoms with Crippen molar-refractivity contribution in [3.8, 4) is 11.5 Å². The van der Waals surface area contributed by atoms with Gasteiger partial charge in [-0.3, -0.25) is 4.79 Å². The second-order valence-corrected chi connectivity index (χ2v) is 3.60. The van der Waals surface area contributed by atoms with Crippen molar-refractivity contribution in [2.45, 2.75) is 12.5 Å². The van der Waals surface area contributed by atoms with E-state index in [4.69, 9.17) is 14.2 Å². The number of rotatable bonds is 4. The average Bonchev–Trinajstić information content (AvgIpc) is 2.81. The molecule has 1 unspecified atom stereocenters. The van der Waals surface area contributed by atoms with E-state index in [9.17, 15) is 4.79 Å². The third-order valence-electron chi connectivity index (χ3n) is 2.52. The molecule has 1 heterocycles. The van der Waals surface area contributed by atoms with Crippen LogP contribution in [0.15, 0.2) is 18.2 Å². The fourth-order valence-corrected chi connectivity index (χ4v) is 1.72. The van der Waals surface area contributed by atoms with Gasteiger partial charge in [0.1, 0.15) is 6.10 Å². The van der Waals surface area contributed by atoms with Gasteiger partial charge in [0, 0.05) is 6.42 Å². The molecule has 0 bridgehead atoms. The van der Waals surface area contributed by atoms with Crippen LogP contribution < -0.4 is 9.47 Å². The maximum Gasteiger partial charge on any atom is 0.171 e. The number of benzene rings is 1. The van der Waals surface area contributed by atoms with E-state index in [-0.39, 0.29) is 6.10 Å². The minimum absolute atomic E-state index is 0.0517. The standard InChI is InChI=1S/C12H14O4/c1-14-12-9(7-13)3-2-4-11(12)16-10-5-6-15-8-10/h2-4,7,10H,5-6,8H2,1H3. The quantitative estimate of drug-likeness (QED) is 0.727. The van der Waals surface area contributed by atoms with Gasteiger partial charge in [0.15, 0.2) is 17.8 Å². The summed E-state index contributed by atoms with van der Waals surface area (Å²) < 4.78 is 16.1. The van der Waals surface area contributed by atoms with Crippen molar-refractivity contribution in [3.05, 3.63) is 23.8 Å². The third-order valence-corrected chi connectivity index (χ3v) is 2.52. The molecule has 0 spiro atoms. The van der Waals surface area contributed by atoms with Gasteiger partial charge < -0.3 is 14.2 Å². The lowest BCUT2D eigenvalue weighted by Gasteiger charge is -2.15. The minimum Gasteiger partial charge on any atom is -0.492 e. The first kappa shape index (κ1) is 11.0. The third kappa shape index (κ3) is 2.17. The Bertz CT molecular complexity index is 369. The predicted molar refractivity (Wildman–Crippen MR) is 58.2 cm³/mol. The Labute approximate surface area is 94.1 Å². The summed E-state index contributed by atoms with van der Waals surface area (Å²) >= 11 is 0. The number of hydrogen-bond acceptors (Lipinski definition) is 4. The lowest BCUT2D eigenvalue weighted by molar-refractivity contribution is 0.111. The molecular formula is C12H14O4. The van der Waals surface area contributed by atoms with Gasteiger partial charge in [-0.1, -0.05) is 6.07 Å². The fourth-order valence-electron chi connectivity index (χ4n) is 1.72. The molecule has 0 aromatic heterocycles. The first-order valence-corrected chi connectivity index (χ1v) is 5.21. The lowest BCUT2D eigenvalue weighted by Crippen LogP contribution is -2.16. The van der Waals surface area contributed by atoms with Crippen LogP contribution in [0, 0.1) is 0 Å². The lowest BCUT2D eigenvalue weighted by atomic mass is 10.2. The van der Waals surface area contributed by atoms with E-state index in [2.05, 4.69) is 0 Å². The summed E-state index contributed by atoms with van der Waals surface area (Å²) in [6.07, 6.45) is 1.68. The van der Waals surface area contributed by atoms with Crippen LogP contribution >= 0.6 is 0 Å². The number of carbonyl (C=O) groups is 1. The molecule has 1 aromatic carbocycles. The molecule has 2 rings (SSSR count). The van der Waals surface area contributed by atoms with Crippen LogP contribution in [0.25, 0.3) is 0 Å². The summed E-state index contributed by atoms with van der Waals surface area (Å²) in [7, 11) is 1.53. The van der Waals surface area contributed by atoms with Crippen molar-refractivity contribution >= 4 is 6.29 Å².